The van der Waals surface area contributed by atoms with Crippen molar-refractivity contribution >= 4 is 16.6 Å². The molecule has 0 bridgehead atoms. The Morgan fingerprint density at radius 3 is 2.77 bits per heavy atom. The van der Waals surface area contributed by atoms with E-state index in [1.54, 1.807) is 0 Å². The molecule has 1 aromatic carbocycles. The van der Waals surface area contributed by atoms with E-state index in [4.69, 9.17) is 0 Å². The molecule has 2 aromatic rings. The average Bonchev–Trinajstić information content (AvgIpc) is 2.18. The summed E-state index contributed by atoms with van der Waals surface area (Å²) in [7, 11) is 3.99. The molecule has 13 heavy (non-hydrogen) atoms. The first-order chi connectivity index (χ1) is 6.31. The van der Waals surface area contributed by atoms with Gasteiger partial charge in [0.15, 0.2) is 6.20 Å². The number of pyridine rings is 1. The summed E-state index contributed by atoms with van der Waals surface area (Å²) in [5.74, 6) is 0. The maximum atomic E-state index is 3.14. The smallest absolute Gasteiger partial charge is 0.212 e. The molecule has 1 heterocycles. The van der Waals surface area contributed by atoms with Crippen LogP contribution in [0.4, 0.5) is 5.69 Å². The highest BCUT2D eigenvalue weighted by Gasteiger charge is 2.04. The van der Waals surface area contributed by atoms with Crippen molar-refractivity contribution in [1.82, 2.24) is 0 Å². The Kier molecular flexibility index (Phi) is 1.89. The first-order valence-corrected chi connectivity index (χ1v) is 4.37. The van der Waals surface area contributed by atoms with Gasteiger partial charge in [0.1, 0.15) is 7.05 Å². The van der Waals surface area contributed by atoms with Crippen LogP contribution in [-0.4, -0.2) is 7.05 Å². The Balaban J connectivity index is 2.77. The minimum absolute atomic E-state index is 1.14. The fraction of sp³-hybridized carbons (Fsp3) is 0.182. The van der Waals surface area contributed by atoms with E-state index in [9.17, 15) is 0 Å². The van der Waals surface area contributed by atoms with Gasteiger partial charge in [-0.15, -0.1) is 0 Å². The van der Waals surface area contributed by atoms with Crippen LogP contribution in [0.3, 0.4) is 0 Å². The molecule has 0 unspecified atom stereocenters. The number of benzene rings is 1. The van der Waals surface area contributed by atoms with E-state index in [1.165, 1.54) is 10.9 Å². The van der Waals surface area contributed by atoms with E-state index in [-0.39, 0.29) is 0 Å². The van der Waals surface area contributed by atoms with Crippen molar-refractivity contribution in [3.05, 3.63) is 36.5 Å². The summed E-state index contributed by atoms with van der Waals surface area (Å²) in [4.78, 5) is 0. The molecule has 0 fully saturated rings. The zero-order valence-corrected chi connectivity index (χ0v) is 7.91. The molecule has 66 valence electrons. The van der Waals surface area contributed by atoms with E-state index in [1.807, 2.05) is 7.05 Å². The summed E-state index contributed by atoms with van der Waals surface area (Å²) in [5, 5.41) is 4.40. The number of anilines is 1. The molecule has 1 aromatic heterocycles. The molecule has 1 N–H and O–H groups in total. The largest absolute Gasteiger partial charge is 0.383 e. The van der Waals surface area contributed by atoms with Crippen molar-refractivity contribution in [3.63, 3.8) is 0 Å². The highest BCUT2D eigenvalue weighted by atomic mass is 14.9. The highest BCUT2D eigenvalue weighted by Crippen LogP contribution is 2.13. The van der Waals surface area contributed by atoms with Crippen LogP contribution in [0.2, 0.25) is 0 Å². The maximum Gasteiger partial charge on any atom is 0.212 e. The number of aryl methyl sites for hydroxylation is 1. The number of hydrogen-bond donors (Lipinski definition) is 1. The zero-order valence-electron chi connectivity index (χ0n) is 7.91. The normalized spacial score (nSPS) is 10.3. The number of hydrogen-bond acceptors (Lipinski definition) is 1. The molecule has 2 heteroatoms. The molecule has 0 aliphatic rings. The first-order valence-electron chi connectivity index (χ1n) is 4.37. The molecular weight excluding hydrogens is 160 g/mol. The Bertz CT molecular complexity index is 435. The van der Waals surface area contributed by atoms with Crippen molar-refractivity contribution < 1.29 is 4.57 Å². The van der Waals surface area contributed by atoms with Gasteiger partial charge in [0.25, 0.3) is 0 Å². The molecular formula is C11H13N2+. The van der Waals surface area contributed by atoms with Crippen LogP contribution in [0.1, 0.15) is 0 Å². The second-order valence-corrected chi connectivity index (χ2v) is 3.15. The van der Waals surface area contributed by atoms with Crippen molar-refractivity contribution in [2.75, 3.05) is 12.4 Å². The van der Waals surface area contributed by atoms with Crippen LogP contribution in [0.5, 0.6) is 0 Å². The second kappa shape index (κ2) is 3.05. The topological polar surface area (TPSA) is 15.9 Å². The standard InChI is InChI=1S/C11H13N2/c1-12-10-7-9-5-3-4-6-11(9)13(2)8-10/h3-8,12H,1-2H3/q+1. The van der Waals surface area contributed by atoms with Gasteiger partial charge in [-0.1, -0.05) is 12.1 Å². The second-order valence-electron chi connectivity index (χ2n) is 3.15. The molecule has 0 spiro atoms. The quantitative estimate of drug-likeness (QED) is 0.649. The van der Waals surface area contributed by atoms with Crippen LogP contribution < -0.4 is 9.88 Å². The SMILES string of the molecule is CNc1cc2ccccc2[n+](C)c1. The van der Waals surface area contributed by atoms with Gasteiger partial charge in [0.2, 0.25) is 5.52 Å². The summed E-state index contributed by atoms with van der Waals surface area (Å²) in [6.07, 6.45) is 2.09. The van der Waals surface area contributed by atoms with Crippen molar-refractivity contribution in [1.29, 1.82) is 0 Å². The van der Waals surface area contributed by atoms with Gasteiger partial charge in [0, 0.05) is 18.5 Å². The van der Waals surface area contributed by atoms with Crippen LogP contribution in [-0.2, 0) is 7.05 Å². The fourth-order valence-electron chi connectivity index (χ4n) is 1.55. The van der Waals surface area contributed by atoms with Crippen LogP contribution in [0, 0.1) is 0 Å². The first kappa shape index (κ1) is 8.05. The molecule has 2 nitrogen and oxygen atoms in total. The predicted molar refractivity (Wildman–Crippen MR) is 54.7 cm³/mol. The van der Waals surface area contributed by atoms with Crippen molar-refractivity contribution in [3.8, 4) is 0 Å². The number of rotatable bonds is 1. The Morgan fingerprint density at radius 2 is 2.00 bits per heavy atom. The minimum atomic E-state index is 1.14. The average molecular weight is 173 g/mol. The van der Waals surface area contributed by atoms with Gasteiger partial charge in [-0.05, 0) is 12.1 Å². The monoisotopic (exact) mass is 173 g/mol. The lowest BCUT2D eigenvalue weighted by molar-refractivity contribution is -0.644. The maximum absolute atomic E-state index is 3.14. The van der Waals surface area contributed by atoms with E-state index < -0.39 is 0 Å². The lowest BCUT2D eigenvalue weighted by Gasteiger charge is -2.00. The van der Waals surface area contributed by atoms with Gasteiger partial charge in [0.05, 0.1) is 5.69 Å². The number of nitrogens with one attached hydrogen (secondary N) is 1. The van der Waals surface area contributed by atoms with Gasteiger partial charge < -0.3 is 5.32 Å². The van der Waals surface area contributed by atoms with Gasteiger partial charge in [-0.25, -0.2) is 0 Å². The summed E-state index contributed by atoms with van der Waals surface area (Å²) in [6.45, 7) is 0. The Labute approximate surface area is 77.8 Å². The molecule has 0 aliphatic heterocycles. The van der Waals surface area contributed by atoms with E-state index in [2.05, 4.69) is 53.5 Å². The lowest BCUT2D eigenvalue weighted by atomic mass is 10.2. The number of fused-ring (bicyclic) bond motifs is 1. The summed E-state index contributed by atoms with van der Waals surface area (Å²) >= 11 is 0. The van der Waals surface area contributed by atoms with Gasteiger partial charge in [-0.2, -0.15) is 4.57 Å². The molecule has 2 rings (SSSR count). The summed E-state index contributed by atoms with van der Waals surface area (Å²) in [6, 6.07) is 10.5. The fourth-order valence-corrected chi connectivity index (χ4v) is 1.55. The van der Waals surface area contributed by atoms with E-state index in [0.717, 1.165) is 5.69 Å². The molecule has 0 radical (unpaired) electrons. The molecule has 0 aliphatic carbocycles. The minimum Gasteiger partial charge on any atom is -0.383 e. The highest BCUT2D eigenvalue weighted by molar-refractivity contribution is 5.78. The van der Waals surface area contributed by atoms with Crippen LogP contribution in [0.25, 0.3) is 10.9 Å². The van der Waals surface area contributed by atoms with E-state index in [0.29, 0.717) is 0 Å². The van der Waals surface area contributed by atoms with Crippen LogP contribution in [0.15, 0.2) is 36.5 Å². The molecule has 0 amide bonds. The van der Waals surface area contributed by atoms with E-state index >= 15 is 0 Å². The zero-order chi connectivity index (χ0) is 9.26. The molecule has 0 saturated heterocycles. The Morgan fingerprint density at radius 1 is 1.23 bits per heavy atom. The van der Waals surface area contributed by atoms with Gasteiger partial charge >= 0.3 is 0 Å². The predicted octanol–water partition coefficient (Wildman–Crippen LogP) is 1.71. The summed E-state index contributed by atoms with van der Waals surface area (Å²) in [5.41, 5.74) is 2.39. The third-order valence-electron chi connectivity index (χ3n) is 2.25. The van der Waals surface area contributed by atoms with Crippen molar-refractivity contribution in [2.24, 2.45) is 7.05 Å². The van der Waals surface area contributed by atoms with Crippen molar-refractivity contribution in [2.45, 2.75) is 0 Å². The van der Waals surface area contributed by atoms with Crippen LogP contribution >= 0.6 is 0 Å². The number of nitrogens with zero attached hydrogens (tertiary/aromatic N) is 1. The Hall–Kier alpha value is -1.57. The third kappa shape index (κ3) is 1.35. The summed E-state index contributed by atoms with van der Waals surface area (Å²) < 4.78 is 2.13. The lowest BCUT2D eigenvalue weighted by Crippen LogP contribution is -2.28. The molecule has 0 atom stereocenters. The third-order valence-corrected chi connectivity index (χ3v) is 2.25. The number of aromatic nitrogens is 1. The van der Waals surface area contributed by atoms with Gasteiger partial charge in [-0.3, -0.25) is 0 Å². The number of para-hydroxylation sites is 1. The molecule has 0 saturated carbocycles.